The summed E-state index contributed by atoms with van der Waals surface area (Å²) in [6, 6.07) is 36.0. The van der Waals surface area contributed by atoms with E-state index in [1.165, 1.54) is 35.2 Å². The van der Waals surface area contributed by atoms with Crippen molar-refractivity contribution in [1.82, 2.24) is 0 Å². The fourth-order valence-corrected chi connectivity index (χ4v) is 7.15. The van der Waals surface area contributed by atoms with Crippen molar-refractivity contribution < 1.29 is 8.78 Å². The summed E-state index contributed by atoms with van der Waals surface area (Å²) in [6.45, 7) is 0. The summed E-state index contributed by atoms with van der Waals surface area (Å²) >= 11 is 12.6. The fourth-order valence-electron chi connectivity index (χ4n) is 6.90. The molecule has 2 aliphatic carbocycles. The van der Waals surface area contributed by atoms with Gasteiger partial charge in [-0.05, 0) is 121 Å². The number of rotatable bonds is 4. The molecule has 0 nitrogen and oxygen atoms in total. The number of benzene rings is 6. The quantitative estimate of drug-likeness (QED) is 0.186. The molecule has 212 valence electrons. The van der Waals surface area contributed by atoms with Crippen molar-refractivity contribution in [2.45, 2.75) is 11.8 Å². The first kappa shape index (κ1) is 27.1. The molecule has 6 aromatic carbocycles. The summed E-state index contributed by atoms with van der Waals surface area (Å²) in [4.78, 5) is 0. The van der Waals surface area contributed by atoms with Crippen molar-refractivity contribution in [3.05, 3.63) is 177 Å². The van der Waals surface area contributed by atoms with Crippen LogP contribution in [0.2, 0.25) is 10.0 Å². The van der Waals surface area contributed by atoms with E-state index in [1.807, 2.05) is 60.7 Å². The normalized spacial score (nSPS) is 16.7. The fraction of sp³-hybridized carbons (Fsp3) is 0.0500. The van der Waals surface area contributed by atoms with Crippen molar-refractivity contribution in [3.63, 3.8) is 0 Å². The lowest BCUT2D eigenvalue weighted by atomic mass is 9.67. The summed E-state index contributed by atoms with van der Waals surface area (Å²) in [5, 5.41) is 3.63. The summed E-state index contributed by atoms with van der Waals surface area (Å²) < 4.78 is 28.1. The van der Waals surface area contributed by atoms with E-state index in [-0.39, 0.29) is 23.5 Å². The Kier molecular flexibility index (Phi) is 6.52. The Morgan fingerprint density at radius 1 is 0.523 bits per heavy atom. The highest BCUT2D eigenvalue weighted by Crippen LogP contribution is 2.54. The van der Waals surface area contributed by atoms with Crippen LogP contribution >= 0.6 is 23.2 Å². The Balaban J connectivity index is 1.47. The van der Waals surface area contributed by atoms with Crippen molar-refractivity contribution >= 4 is 45.6 Å². The topological polar surface area (TPSA) is 0 Å². The van der Waals surface area contributed by atoms with Crippen LogP contribution in [-0.2, 0) is 0 Å². The largest absolute Gasteiger partial charge is 0.207 e. The lowest BCUT2D eigenvalue weighted by molar-refractivity contribution is 0.625. The molecule has 4 heteroatoms. The Bertz CT molecular complexity index is 2120. The van der Waals surface area contributed by atoms with Crippen LogP contribution in [-0.4, -0.2) is 0 Å². The lowest BCUT2D eigenvalue weighted by Crippen LogP contribution is -2.18. The van der Waals surface area contributed by atoms with Gasteiger partial charge in [0.25, 0.3) is 0 Å². The van der Waals surface area contributed by atoms with E-state index < -0.39 is 0 Å². The molecule has 0 saturated carbocycles. The zero-order chi connectivity index (χ0) is 29.9. The van der Waals surface area contributed by atoms with Crippen LogP contribution in [0, 0.1) is 11.6 Å². The second-order valence-electron chi connectivity index (χ2n) is 11.4. The lowest BCUT2D eigenvalue weighted by Gasteiger charge is -2.36. The molecular weight excluding hydrogens is 589 g/mol. The Morgan fingerprint density at radius 2 is 1.09 bits per heavy atom. The average molecular weight is 614 g/mol. The van der Waals surface area contributed by atoms with Gasteiger partial charge in [0.2, 0.25) is 0 Å². The maximum absolute atomic E-state index is 14.1. The predicted octanol–water partition coefficient (Wildman–Crippen LogP) is 12.1. The highest BCUT2D eigenvalue weighted by molar-refractivity contribution is 6.31. The van der Waals surface area contributed by atoms with E-state index >= 15 is 0 Å². The second-order valence-corrected chi connectivity index (χ2v) is 12.3. The maximum atomic E-state index is 14.1. The van der Waals surface area contributed by atoms with Crippen LogP contribution in [0.5, 0.6) is 0 Å². The zero-order valence-corrected chi connectivity index (χ0v) is 24.9. The molecule has 2 unspecified atom stereocenters. The standard InChI is InChI=1S/C40H24Cl2F2/c41-27-9-1-23(2-10-27)35-21-37(25-5-13-29(43)14-6-25)33-20-18-32-36(24-3-11-28(42)12-4-24)22-38(26-7-15-30(44)16-8-26)34-19-17-31(35)39(33)40(32)34/h1-22,33,37H. The van der Waals surface area contributed by atoms with Crippen LogP contribution in [0.1, 0.15) is 39.7 Å². The van der Waals surface area contributed by atoms with Crippen LogP contribution in [0.3, 0.4) is 0 Å². The Labute approximate surface area is 264 Å². The van der Waals surface area contributed by atoms with Gasteiger partial charge in [-0.2, -0.15) is 0 Å². The summed E-state index contributed by atoms with van der Waals surface area (Å²) in [5.74, 6) is -0.509. The van der Waals surface area contributed by atoms with Gasteiger partial charge < -0.3 is 0 Å². The number of hydrogen-bond acceptors (Lipinski definition) is 0. The van der Waals surface area contributed by atoms with Gasteiger partial charge in [-0.3, -0.25) is 0 Å². The number of allylic oxidation sites excluding steroid dienone is 2. The van der Waals surface area contributed by atoms with Crippen LogP contribution in [0.4, 0.5) is 8.78 Å². The monoisotopic (exact) mass is 612 g/mol. The first-order valence-electron chi connectivity index (χ1n) is 14.5. The van der Waals surface area contributed by atoms with Gasteiger partial charge in [-0.1, -0.05) is 102 Å². The van der Waals surface area contributed by atoms with E-state index in [1.54, 1.807) is 0 Å². The van der Waals surface area contributed by atoms with Gasteiger partial charge in [0.05, 0.1) is 0 Å². The van der Waals surface area contributed by atoms with E-state index in [0.29, 0.717) is 10.0 Å². The van der Waals surface area contributed by atoms with Gasteiger partial charge in [0.1, 0.15) is 11.6 Å². The SMILES string of the molecule is Fc1ccc(-c2cc(-c3ccc(Cl)cc3)c3c4c5c(ccc24)C(c2ccc(Cl)cc2)=CC(c2ccc(F)cc2)C5C=C3)cc1. The Morgan fingerprint density at radius 3 is 1.75 bits per heavy atom. The molecule has 44 heavy (non-hydrogen) atoms. The van der Waals surface area contributed by atoms with Gasteiger partial charge in [0.15, 0.2) is 0 Å². The molecule has 0 aromatic heterocycles. The molecule has 8 rings (SSSR count). The molecule has 0 spiro atoms. The third kappa shape index (κ3) is 4.49. The molecule has 0 N–H and O–H groups in total. The van der Waals surface area contributed by atoms with Gasteiger partial charge in [0, 0.05) is 21.9 Å². The van der Waals surface area contributed by atoms with E-state index in [4.69, 9.17) is 23.2 Å². The number of halogens is 4. The first-order chi connectivity index (χ1) is 21.4. The highest BCUT2D eigenvalue weighted by Gasteiger charge is 2.35. The predicted molar refractivity (Wildman–Crippen MR) is 179 cm³/mol. The summed E-state index contributed by atoms with van der Waals surface area (Å²) in [5.41, 5.74) is 10.9. The van der Waals surface area contributed by atoms with Crippen molar-refractivity contribution in [3.8, 4) is 22.3 Å². The molecule has 0 heterocycles. The molecular formula is C40H24Cl2F2. The zero-order valence-electron chi connectivity index (χ0n) is 23.4. The summed E-state index contributed by atoms with van der Waals surface area (Å²) in [7, 11) is 0. The molecule has 0 amide bonds. The van der Waals surface area contributed by atoms with Gasteiger partial charge in [-0.15, -0.1) is 0 Å². The highest BCUT2D eigenvalue weighted by atomic mass is 35.5. The van der Waals surface area contributed by atoms with Crippen molar-refractivity contribution in [2.75, 3.05) is 0 Å². The molecule has 0 bridgehead atoms. The molecule has 2 atom stereocenters. The average Bonchev–Trinajstić information content (AvgIpc) is 3.05. The molecule has 0 aliphatic heterocycles. The smallest absolute Gasteiger partial charge is 0.123 e. The second kappa shape index (κ2) is 10.6. The van der Waals surface area contributed by atoms with Gasteiger partial charge >= 0.3 is 0 Å². The van der Waals surface area contributed by atoms with Crippen molar-refractivity contribution in [1.29, 1.82) is 0 Å². The first-order valence-corrected chi connectivity index (χ1v) is 15.3. The Hall–Kier alpha value is -4.50. The molecule has 2 aliphatic rings. The maximum Gasteiger partial charge on any atom is 0.123 e. The third-order valence-corrected chi connectivity index (χ3v) is 9.44. The minimum atomic E-state index is -0.269. The minimum absolute atomic E-state index is 0.0164. The van der Waals surface area contributed by atoms with E-state index in [9.17, 15) is 8.78 Å². The minimum Gasteiger partial charge on any atom is -0.207 e. The van der Waals surface area contributed by atoms with Gasteiger partial charge in [-0.25, -0.2) is 8.78 Å². The molecule has 0 radical (unpaired) electrons. The number of hydrogen-bond donors (Lipinski definition) is 0. The molecule has 0 saturated heterocycles. The van der Waals surface area contributed by atoms with E-state index in [0.717, 1.165) is 55.5 Å². The summed E-state index contributed by atoms with van der Waals surface area (Å²) in [6.07, 6.45) is 6.84. The van der Waals surface area contributed by atoms with E-state index in [2.05, 4.69) is 48.6 Å². The molecule has 6 aromatic rings. The third-order valence-electron chi connectivity index (χ3n) is 8.93. The van der Waals surface area contributed by atoms with Crippen LogP contribution in [0.25, 0.3) is 44.7 Å². The molecule has 0 fully saturated rings. The van der Waals surface area contributed by atoms with Crippen molar-refractivity contribution in [2.24, 2.45) is 0 Å². The van der Waals surface area contributed by atoms with Crippen LogP contribution < -0.4 is 0 Å². The van der Waals surface area contributed by atoms with Crippen LogP contribution in [0.15, 0.2) is 127 Å².